The number of pyridine rings is 1. The molecule has 14 heavy (non-hydrogen) atoms. The second kappa shape index (κ2) is 4.42. The molecule has 1 aromatic heterocycles. The molecule has 0 aliphatic heterocycles. The van der Waals surface area contributed by atoms with Crippen molar-refractivity contribution in [2.45, 2.75) is 32.4 Å². The first kappa shape index (κ1) is 9.46. The average molecular weight is 192 g/mol. The third kappa shape index (κ3) is 2.70. The summed E-state index contributed by atoms with van der Waals surface area (Å²) in [7, 11) is 0. The fraction of sp³-hybridized carbons (Fsp3) is 0.545. The Labute approximate surface area is 84.5 Å². The first-order valence-corrected chi connectivity index (χ1v) is 5.19. The van der Waals surface area contributed by atoms with Crippen LogP contribution in [0.25, 0.3) is 0 Å². The maximum absolute atomic E-state index is 5.32. The monoisotopic (exact) mass is 192 g/mol. The Morgan fingerprint density at radius 2 is 2.36 bits per heavy atom. The second-order valence-electron chi connectivity index (χ2n) is 3.57. The lowest BCUT2D eigenvalue weighted by Crippen LogP contribution is -2.16. The fourth-order valence-corrected chi connectivity index (χ4v) is 1.30. The molecule has 1 aromatic rings. The molecule has 1 aliphatic rings. The van der Waals surface area contributed by atoms with E-state index in [1.807, 2.05) is 19.1 Å². The third-order valence-corrected chi connectivity index (χ3v) is 2.26. The molecule has 1 saturated carbocycles. The zero-order valence-electron chi connectivity index (χ0n) is 8.49. The molecule has 0 saturated heterocycles. The van der Waals surface area contributed by atoms with E-state index in [2.05, 4.69) is 10.3 Å². The fourth-order valence-electron chi connectivity index (χ4n) is 1.30. The Hall–Kier alpha value is -1.09. The van der Waals surface area contributed by atoms with Crippen LogP contribution < -0.4 is 10.1 Å². The quantitative estimate of drug-likeness (QED) is 0.771. The minimum atomic E-state index is 0.696. The highest BCUT2D eigenvalue weighted by atomic mass is 16.5. The van der Waals surface area contributed by atoms with Crippen molar-refractivity contribution in [2.75, 3.05) is 6.61 Å². The lowest BCUT2D eigenvalue weighted by atomic mass is 10.3. The van der Waals surface area contributed by atoms with Crippen molar-refractivity contribution in [1.82, 2.24) is 10.3 Å². The zero-order chi connectivity index (χ0) is 9.80. The van der Waals surface area contributed by atoms with Crippen molar-refractivity contribution in [3.8, 4) is 5.75 Å². The van der Waals surface area contributed by atoms with Crippen LogP contribution in [0.15, 0.2) is 18.3 Å². The Kier molecular flexibility index (Phi) is 2.99. The van der Waals surface area contributed by atoms with Gasteiger partial charge in [-0.1, -0.05) is 0 Å². The maximum atomic E-state index is 5.32. The Morgan fingerprint density at radius 3 is 2.93 bits per heavy atom. The van der Waals surface area contributed by atoms with E-state index >= 15 is 0 Å². The zero-order valence-corrected chi connectivity index (χ0v) is 8.49. The highest BCUT2D eigenvalue weighted by molar-refractivity contribution is 5.19. The van der Waals surface area contributed by atoms with E-state index in [9.17, 15) is 0 Å². The van der Waals surface area contributed by atoms with Crippen molar-refractivity contribution in [3.63, 3.8) is 0 Å². The summed E-state index contributed by atoms with van der Waals surface area (Å²) in [6.07, 6.45) is 4.42. The van der Waals surface area contributed by atoms with Crippen LogP contribution in [0.5, 0.6) is 5.75 Å². The molecule has 0 spiro atoms. The summed E-state index contributed by atoms with van der Waals surface area (Å²) in [5.74, 6) is 0.850. The predicted octanol–water partition coefficient (Wildman–Crippen LogP) is 1.73. The molecule has 1 aliphatic carbocycles. The van der Waals surface area contributed by atoms with Gasteiger partial charge in [0.15, 0.2) is 0 Å². The third-order valence-electron chi connectivity index (χ3n) is 2.26. The van der Waals surface area contributed by atoms with Gasteiger partial charge in [0.2, 0.25) is 0 Å². The van der Waals surface area contributed by atoms with E-state index in [1.165, 1.54) is 12.8 Å². The summed E-state index contributed by atoms with van der Waals surface area (Å²) in [5.41, 5.74) is 1.08. The van der Waals surface area contributed by atoms with Gasteiger partial charge < -0.3 is 10.1 Å². The summed E-state index contributed by atoms with van der Waals surface area (Å²) >= 11 is 0. The van der Waals surface area contributed by atoms with E-state index < -0.39 is 0 Å². The Bertz CT molecular complexity index is 280. The normalized spacial score (nSPS) is 15.5. The standard InChI is InChI=1S/C11H16N2O/c1-2-14-11-6-5-10(13-8-11)7-12-9-3-4-9/h5-6,8-9,12H,2-4,7H2,1H3. The van der Waals surface area contributed by atoms with Gasteiger partial charge in [0, 0.05) is 12.6 Å². The van der Waals surface area contributed by atoms with Crippen LogP contribution in [0, 0.1) is 0 Å². The summed E-state index contributed by atoms with van der Waals surface area (Å²) in [5, 5.41) is 3.42. The highest BCUT2D eigenvalue weighted by Gasteiger charge is 2.19. The summed E-state index contributed by atoms with van der Waals surface area (Å²) in [6, 6.07) is 4.73. The van der Waals surface area contributed by atoms with Crippen LogP contribution in [-0.4, -0.2) is 17.6 Å². The van der Waals surface area contributed by atoms with Crippen molar-refractivity contribution in [2.24, 2.45) is 0 Å². The summed E-state index contributed by atoms with van der Waals surface area (Å²) in [4.78, 5) is 4.31. The van der Waals surface area contributed by atoms with Gasteiger partial charge in [0.05, 0.1) is 18.5 Å². The smallest absolute Gasteiger partial charge is 0.137 e. The Morgan fingerprint density at radius 1 is 1.50 bits per heavy atom. The highest BCUT2D eigenvalue weighted by Crippen LogP contribution is 2.19. The van der Waals surface area contributed by atoms with Gasteiger partial charge in [-0.05, 0) is 31.9 Å². The molecule has 0 radical (unpaired) electrons. The minimum absolute atomic E-state index is 0.696. The van der Waals surface area contributed by atoms with Crippen LogP contribution in [0.3, 0.4) is 0 Å². The van der Waals surface area contributed by atoms with Crippen molar-refractivity contribution in [3.05, 3.63) is 24.0 Å². The predicted molar refractivity (Wildman–Crippen MR) is 55.3 cm³/mol. The van der Waals surface area contributed by atoms with Crippen molar-refractivity contribution < 1.29 is 4.74 Å². The molecule has 76 valence electrons. The number of hydrogen-bond donors (Lipinski definition) is 1. The SMILES string of the molecule is CCOc1ccc(CNC2CC2)nc1. The van der Waals surface area contributed by atoms with Crippen LogP contribution in [0.4, 0.5) is 0 Å². The van der Waals surface area contributed by atoms with E-state index in [0.717, 1.165) is 24.0 Å². The minimum Gasteiger partial charge on any atom is -0.492 e. The van der Waals surface area contributed by atoms with Crippen LogP contribution in [-0.2, 0) is 6.54 Å². The summed E-state index contributed by atoms with van der Waals surface area (Å²) in [6.45, 7) is 3.54. The topological polar surface area (TPSA) is 34.1 Å². The van der Waals surface area contributed by atoms with Gasteiger partial charge in [0.1, 0.15) is 5.75 Å². The molecule has 3 nitrogen and oxygen atoms in total. The lowest BCUT2D eigenvalue weighted by Gasteiger charge is -2.04. The first-order chi connectivity index (χ1) is 6.88. The van der Waals surface area contributed by atoms with Gasteiger partial charge in [-0.3, -0.25) is 4.98 Å². The number of nitrogens with zero attached hydrogens (tertiary/aromatic N) is 1. The number of aromatic nitrogens is 1. The molecule has 0 unspecified atom stereocenters. The lowest BCUT2D eigenvalue weighted by molar-refractivity contribution is 0.338. The van der Waals surface area contributed by atoms with E-state index in [4.69, 9.17) is 4.74 Å². The van der Waals surface area contributed by atoms with E-state index in [1.54, 1.807) is 6.20 Å². The van der Waals surface area contributed by atoms with Crippen molar-refractivity contribution in [1.29, 1.82) is 0 Å². The van der Waals surface area contributed by atoms with E-state index in [0.29, 0.717) is 6.61 Å². The summed E-state index contributed by atoms with van der Waals surface area (Å²) < 4.78 is 5.32. The van der Waals surface area contributed by atoms with Crippen LogP contribution in [0.2, 0.25) is 0 Å². The van der Waals surface area contributed by atoms with Gasteiger partial charge in [0.25, 0.3) is 0 Å². The largest absolute Gasteiger partial charge is 0.492 e. The molecule has 0 bridgehead atoms. The van der Waals surface area contributed by atoms with Gasteiger partial charge in [-0.2, -0.15) is 0 Å². The van der Waals surface area contributed by atoms with Crippen LogP contribution in [0.1, 0.15) is 25.5 Å². The molecular weight excluding hydrogens is 176 g/mol. The molecule has 1 heterocycles. The first-order valence-electron chi connectivity index (χ1n) is 5.19. The second-order valence-corrected chi connectivity index (χ2v) is 3.57. The molecule has 3 heteroatoms. The van der Waals surface area contributed by atoms with Gasteiger partial charge in [-0.25, -0.2) is 0 Å². The Balaban J connectivity index is 1.84. The van der Waals surface area contributed by atoms with Crippen LogP contribution >= 0.6 is 0 Å². The number of hydrogen-bond acceptors (Lipinski definition) is 3. The number of ether oxygens (including phenoxy) is 1. The molecule has 0 atom stereocenters. The molecular formula is C11H16N2O. The molecule has 0 amide bonds. The molecule has 1 N–H and O–H groups in total. The van der Waals surface area contributed by atoms with E-state index in [-0.39, 0.29) is 0 Å². The number of rotatable bonds is 5. The average Bonchev–Trinajstić information content (AvgIpc) is 3.01. The maximum Gasteiger partial charge on any atom is 0.137 e. The molecule has 1 fully saturated rings. The van der Waals surface area contributed by atoms with Gasteiger partial charge in [-0.15, -0.1) is 0 Å². The number of nitrogens with one attached hydrogen (secondary N) is 1. The van der Waals surface area contributed by atoms with Gasteiger partial charge >= 0.3 is 0 Å². The molecule has 0 aromatic carbocycles. The molecule has 2 rings (SSSR count). The van der Waals surface area contributed by atoms with Crippen molar-refractivity contribution >= 4 is 0 Å².